The molecule has 1 aliphatic carbocycles. The highest BCUT2D eigenvalue weighted by atomic mass is 35.5. The van der Waals surface area contributed by atoms with Crippen LogP contribution in [-0.2, 0) is 62.5 Å². The highest BCUT2D eigenvalue weighted by molar-refractivity contribution is 7.90. The number of halogens is 2. The van der Waals surface area contributed by atoms with Crippen molar-refractivity contribution >= 4 is 98.4 Å². The molecule has 0 spiro atoms. The summed E-state index contributed by atoms with van der Waals surface area (Å²) in [5.74, 6) is -1.95. The first-order valence-corrected chi connectivity index (χ1v) is 28.8. The lowest BCUT2D eigenvalue weighted by Crippen LogP contribution is -2.43. The number of terminal acetylenes is 1. The number of ketones is 3. The lowest BCUT2D eigenvalue weighted by molar-refractivity contribution is -0.385. The van der Waals surface area contributed by atoms with E-state index in [-0.39, 0.29) is 65.7 Å². The van der Waals surface area contributed by atoms with Crippen LogP contribution in [0.25, 0.3) is 0 Å². The van der Waals surface area contributed by atoms with Crippen molar-refractivity contribution in [3.8, 4) is 18.1 Å². The Kier molecular flexibility index (Phi) is 22.8. The maximum absolute atomic E-state index is 14.5. The largest absolute Gasteiger partial charge is 0.481 e. The van der Waals surface area contributed by atoms with Gasteiger partial charge in [-0.25, -0.2) is 17.8 Å². The number of alkyl halides is 1. The van der Waals surface area contributed by atoms with Crippen LogP contribution in [0.4, 0.5) is 27.1 Å². The van der Waals surface area contributed by atoms with Crippen LogP contribution in [0.1, 0.15) is 74.3 Å². The normalized spacial score (nSPS) is 15.4. The molecule has 3 aliphatic rings. The van der Waals surface area contributed by atoms with E-state index in [9.17, 15) is 56.3 Å². The van der Waals surface area contributed by atoms with Gasteiger partial charge in [0.25, 0.3) is 11.6 Å². The number of hydrogen-bond acceptors (Lipinski definition) is 17. The number of aromatic nitrogens is 2. The van der Waals surface area contributed by atoms with Crippen LogP contribution < -0.4 is 24.7 Å². The molecule has 7 rings (SSSR count). The Hall–Kier alpha value is -6.56. The number of para-hydroxylation sites is 1. The van der Waals surface area contributed by atoms with E-state index in [1.165, 1.54) is 28.6 Å². The van der Waals surface area contributed by atoms with E-state index in [4.69, 9.17) is 42.4 Å². The second-order valence-corrected chi connectivity index (χ2v) is 23.4. The third kappa shape index (κ3) is 17.2. The Morgan fingerprint density at radius 1 is 1.17 bits per heavy atom. The summed E-state index contributed by atoms with van der Waals surface area (Å²) in [4.78, 5) is 105. The average Bonchev–Trinajstić information content (AvgIpc) is 3.88. The number of fused-ring (bicyclic) bond motifs is 2. The van der Waals surface area contributed by atoms with E-state index in [0.29, 0.717) is 29.3 Å². The number of nitro groups is 1. The van der Waals surface area contributed by atoms with Gasteiger partial charge in [-0.05, 0) is 61.4 Å². The molecule has 0 saturated heterocycles. The quantitative estimate of drug-likeness (QED) is 0.0209. The average molecular weight is 1160 g/mol. The fourth-order valence-corrected chi connectivity index (χ4v) is 10.3. The molecular formula is C50H60ClFN7O16PS2. The van der Waals surface area contributed by atoms with Crippen molar-refractivity contribution in [3.63, 3.8) is 0 Å². The van der Waals surface area contributed by atoms with Crippen molar-refractivity contribution in [1.29, 1.82) is 0 Å². The highest BCUT2D eigenvalue weighted by Crippen LogP contribution is 2.38. The molecule has 3 heterocycles. The van der Waals surface area contributed by atoms with Crippen molar-refractivity contribution in [1.82, 2.24) is 14.3 Å². The molecule has 1 saturated carbocycles. The third-order valence-electron chi connectivity index (χ3n) is 11.8. The molecule has 23 nitrogen and oxygen atoms in total. The molecule has 2 aliphatic heterocycles. The number of nitro benzene ring substituents is 1. The van der Waals surface area contributed by atoms with Gasteiger partial charge in [-0.2, -0.15) is 4.37 Å². The van der Waals surface area contributed by atoms with Crippen LogP contribution in [0.5, 0.6) is 5.75 Å². The Morgan fingerprint density at radius 3 is 2.40 bits per heavy atom. The van der Waals surface area contributed by atoms with Gasteiger partial charge in [-0.15, -0.1) is 18.0 Å². The number of aryl methyl sites for hydroxylation is 2. The van der Waals surface area contributed by atoms with E-state index < -0.39 is 81.5 Å². The third-order valence-corrected chi connectivity index (χ3v) is 14.6. The Labute approximate surface area is 458 Å². The van der Waals surface area contributed by atoms with Crippen molar-refractivity contribution in [2.45, 2.75) is 84.2 Å². The number of benzene rings is 3. The fraction of sp³-hybridized carbons (Fsp3) is 0.440. The van der Waals surface area contributed by atoms with Crippen LogP contribution >= 0.6 is 30.7 Å². The first-order chi connectivity index (χ1) is 36.5. The molecule has 4 aromatic rings. The van der Waals surface area contributed by atoms with Crippen LogP contribution in [0.2, 0.25) is 0 Å². The number of carboxylic acids is 1. The smallest absolute Gasteiger partial charge is 0.339 e. The summed E-state index contributed by atoms with van der Waals surface area (Å²) >= 11 is 7.00. The van der Waals surface area contributed by atoms with Crippen molar-refractivity contribution in [2.24, 2.45) is 16.3 Å². The summed E-state index contributed by atoms with van der Waals surface area (Å²) in [5.41, 5.74) is 2.72. The van der Waals surface area contributed by atoms with Gasteiger partial charge in [0.1, 0.15) is 29.1 Å². The molecule has 2 amide bonds. The maximum atomic E-state index is 14.5. The molecule has 3 aromatic carbocycles. The van der Waals surface area contributed by atoms with Crippen LogP contribution in [0.3, 0.4) is 0 Å². The maximum Gasteiger partial charge on any atom is 0.339 e. The number of rotatable bonds is 16. The van der Waals surface area contributed by atoms with Gasteiger partial charge >= 0.3 is 13.6 Å². The minimum Gasteiger partial charge on any atom is -0.481 e. The number of carboxylic acid groups (broad SMARTS) is 1. The molecule has 0 bridgehead atoms. The first-order valence-electron chi connectivity index (χ1n) is 23.8. The molecular weight excluding hydrogens is 1100 g/mol. The number of Topliss-reactive ketones (excluding diaryl/α,β-unsaturated/α-hetero) is 3. The molecule has 1 aromatic heterocycles. The second kappa shape index (κ2) is 27.8. The molecule has 1 atom stereocenters. The molecule has 78 heavy (non-hydrogen) atoms. The van der Waals surface area contributed by atoms with Crippen molar-refractivity contribution in [2.75, 3.05) is 61.6 Å². The zero-order chi connectivity index (χ0) is 58.4. The molecule has 1 fully saturated rings. The molecule has 28 heteroatoms. The Morgan fingerprint density at radius 2 is 1.83 bits per heavy atom. The SMILES string of the molecule is C#CCN1C(=O)COc2cc(F)c(N=c3snc4n3CC(C)(C)C4)cc21.CCc1cccc(C)c1N(C(=O)CCl)C(C)COC.CS(=O)(=O)c1ccc(C(=O)C2C(=O)CCCC2=O)c([N+](=O)[O-])c1.O=C(O)CNCP(=O)(O)O. The van der Waals surface area contributed by atoms with E-state index >= 15 is 0 Å². The Balaban J connectivity index is 0.000000235. The van der Waals surface area contributed by atoms with Gasteiger partial charge in [-0.3, -0.25) is 53.7 Å². The Bertz CT molecular complexity index is 3210. The van der Waals surface area contributed by atoms with Crippen molar-refractivity contribution in [3.05, 3.63) is 91.8 Å². The number of carbonyl (C=O) groups excluding carboxylic acids is 5. The number of nitrogens with one attached hydrogen (secondary N) is 1. The summed E-state index contributed by atoms with van der Waals surface area (Å²) in [6, 6.07) is 11.6. The fourth-order valence-electron chi connectivity index (χ4n) is 8.33. The number of carbonyl (C=O) groups is 6. The summed E-state index contributed by atoms with van der Waals surface area (Å²) in [5, 5.41) is 21.2. The molecule has 422 valence electrons. The number of nitrogens with zero attached hydrogens (tertiary/aromatic N) is 6. The lowest BCUT2D eigenvalue weighted by Gasteiger charge is -2.31. The predicted molar refractivity (Wildman–Crippen MR) is 286 cm³/mol. The van der Waals surface area contributed by atoms with Gasteiger partial charge in [0.2, 0.25) is 10.7 Å². The number of anilines is 2. The van der Waals surface area contributed by atoms with Gasteiger partial charge in [0.05, 0.1) is 58.8 Å². The molecule has 1 unspecified atom stereocenters. The zero-order valence-electron chi connectivity index (χ0n) is 43.7. The topological polar surface area (TPSA) is 325 Å². The number of amides is 2. The number of aliphatic carboxylic acids is 1. The first kappa shape index (κ1) is 64.0. The van der Waals surface area contributed by atoms with Crippen LogP contribution in [-0.4, -0.2) is 130 Å². The van der Waals surface area contributed by atoms with E-state index in [1.807, 2.05) is 30.5 Å². The second-order valence-electron chi connectivity index (χ2n) is 18.7. The lowest BCUT2D eigenvalue weighted by atomic mass is 9.81. The highest BCUT2D eigenvalue weighted by Gasteiger charge is 2.39. The number of sulfone groups is 1. The van der Waals surface area contributed by atoms with Gasteiger partial charge in [-0.1, -0.05) is 44.9 Å². The summed E-state index contributed by atoms with van der Waals surface area (Å²) < 4.78 is 64.5. The van der Waals surface area contributed by atoms with E-state index in [1.54, 1.807) is 12.0 Å². The van der Waals surface area contributed by atoms with Crippen LogP contribution in [0, 0.1) is 46.5 Å². The molecule has 0 radical (unpaired) electrons. The van der Waals surface area contributed by atoms with E-state index in [0.717, 1.165) is 66.5 Å². The number of methoxy groups -OCH3 is 1. The van der Waals surface area contributed by atoms with E-state index in [2.05, 4.69) is 47.4 Å². The van der Waals surface area contributed by atoms with Gasteiger partial charge in [0, 0.05) is 62.8 Å². The summed E-state index contributed by atoms with van der Waals surface area (Å²) in [7, 11) is -6.16. The summed E-state index contributed by atoms with van der Waals surface area (Å²) in [6.45, 7) is 11.2. The molecule has 4 N–H and O–H groups in total. The minimum atomic E-state index is -4.10. The van der Waals surface area contributed by atoms with Gasteiger partial charge in [0.15, 0.2) is 39.6 Å². The van der Waals surface area contributed by atoms with Crippen molar-refractivity contribution < 1.29 is 75.4 Å². The summed E-state index contributed by atoms with van der Waals surface area (Å²) in [6.07, 6.45) is 7.86. The van der Waals surface area contributed by atoms with Gasteiger partial charge < -0.3 is 33.8 Å². The number of ether oxygens (including phenoxy) is 2. The monoisotopic (exact) mass is 1160 g/mol. The predicted octanol–water partition coefficient (Wildman–Crippen LogP) is 5.34. The zero-order valence-corrected chi connectivity index (χ0v) is 47.0. The van der Waals surface area contributed by atoms with Crippen LogP contribution in [0.15, 0.2) is 58.4 Å². The standard InChI is InChI=1S/C18H17FN4O2S.C15H22ClNO2.C14H13NO7S.C3H8NO5P/c1-4-5-22-13-7-12(11(19)6-14(13)25-9-16(22)24)20-17-23-10-18(2,3)8-15(23)21-26-17;1-5-13-8-6-7-11(2)15(13)17(14(18)9-16)12(3)10-19-4;1-23(21,22)8-5-6-9(10(7-8)15(19)20)14(18)13-11(16)3-2-4-12(13)17;5-3(6)1-4-2-10(7,8)9/h1,6-7H,5,8-10H2,2-3H3;6-8,12H,5,9-10H2,1-4H3;5-7,13H,2-4H2,1H3;4H,1-2H2,(H,5,6)(H2,7,8,9). The minimum absolute atomic E-state index is 0.0223. The number of hydrogen-bond donors (Lipinski definition) is 4.